The molecule has 0 saturated heterocycles. The number of fused-ring (bicyclic) bond motifs is 1. The lowest BCUT2D eigenvalue weighted by molar-refractivity contribution is 1.11. The minimum Gasteiger partial charge on any atom is -0.229 e. The van der Waals surface area contributed by atoms with Gasteiger partial charge in [0.2, 0.25) is 0 Å². The maximum absolute atomic E-state index is 8.81. The fourth-order valence-corrected chi connectivity index (χ4v) is 4.04. The molecule has 0 amide bonds. The second-order valence-corrected chi connectivity index (χ2v) is 6.87. The van der Waals surface area contributed by atoms with Gasteiger partial charge >= 0.3 is 0 Å². The molecule has 0 bridgehead atoms. The van der Waals surface area contributed by atoms with E-state index in [1.54, 1.807) is 17.7 Å². The van der Waals surface area contributed by atoms with Crippen LogP contribution in [-0.2, 0) is 0 Å². The Morgan fingerprint density at radius 2 is 1.95 bits per heavy atom. The summed E-state index contributed by atoms with van der Waals surface area (Å²) in [6.07, 6.45) is 1.58. The van der Waals surface area contributed by atoms with Gasteiger partial charge < -0.3 is 0 Å². The van der Waals surface area contributed by atoms with E-state index in [1.807, 2.05) is 0 Å². The summed E-state index contributed by atoms with van der Waals surface area (Å²) in [5, 5.41) is 10.8. The molecule has 0 aliphatic carbocycles. The van der Waals surface area contributed by atoms with E-state index in [0.29, 0.717) is 5.75 Å². The van der Waals surface area contributed by atoms with Crippen LogP contribution in [0.3, 0.4) is 0 Å². The first kappa shape index (κ1) is 14.1. The van der Waals surface area contributed by atoms with Crippen LogP contribution in [0.25, 0.3) is 21.3 Å². The molecular formula is C16H13N3S2. The molecule has 0 unspecified atom stereocenters. The number of thiophene rings is 1. The zero-order valence-electron chi connectivity index (χ0n) is 11.8. The summed E-state index contributed by atoms with van der Waals surface area (Å²) in [7, 11) is 0. The third-order valence-corrected chi connectivity index (χ3v) is 5.11. The molecule has 0 aliphatic rings. The van der Waals surface area contributed by atoms with Crippen LogP contribution in [0.5, 0.6) is 0 Å². The number of rotatable bonds is 3. The van der Waals surface area contributed by atoms with Crippen LogP contribution in [0.2, 0.25) is 0 Å². The number of hydrogen-bond donors (Lipinski definition) is 0. The van der Waals surface area contributed by atoms with E-state index < -0.39 is 0 Å². The highest BCUT2D eigenvalue weighted by Gasteiger charge is 2.16. The molecule has 0 aliphatic heterocycles. The normalized spacial score (nSPS) is 10.7. The van der Waals surface area contributed by atoms with E-state index in [2.05, 4.69) is 54.2 Å². The van der Waals surface area contributed by atoms with Crippen LogP contribution in [0.1, 0.15) is 10.4 Å². The first-order chi connectivity index (χ1) is 10.2. The number of nitrogens with zero attached hydrogens (tertiary/aromatic N) is 3. The van der Waals surface area contributed by atoms with Gasteiger partial charge in [-0.05, 0) is 19.4 Å². The lowest BCUT2D eigenvalue weighted by Crippen LogP contribution is -1.87. The maximum atomic E-state index is 8.81. The van der Waals surface area contributed by atoms with Gasteiger partial charge in [-0.25, -0.2) is 9.97 Å². The average molecular weight is 311 g/mol. The van der Waals surface area contributed by atoms with Gasteiger partial charge in [-0.1, -0.05) is 41.6 Å². The zero-order chi connectivity index (χ0) is 14.8. The van der Waals surface area contributed by atoms with Crippen LogP contribution in [0.15, 0.2) is 35.6 Å². The molecular weight excluding hydrogens is 298 g/mol. The highest BCUT2D eigenvalue weighted by molar-refractivity contribution is 7.99. The lowest BCUT2D eigenvalue weighted by Gasteiger charge is -2.05. The second kappa shape index (κ2) is 5.84. The summed E-state index contributed by atoms with van der Waals surface area (Å²) in [4.78, 5) is 11.0. The fraction of sp³-hybridized carbons (Fsp3) is 0.188. The Morgan fingerprint density at radius 1 is 1.19 bits per heavy atom. The molecule has 2 aromatic heterocycles. The van der Waals surface area contributed by atoms with E-state index >= 15 is 0 Å². The average Bonchev–Trinajstić information content (AvgIpc) is 2.82. The molecule has 0 atom stereocenters. The number of benzene rings is 1. The quantitative estimate of drug-likeness (QED) is 0.524. The Labute approximate surface area is 131 Å². The van der Waals surface area contributed by atoms with Crippen LogP contribution in [0, 0.1) is 25.2 Å². The van der Waals surface area contributed by atoms with Crippen molar-refractivity contribution in [2.75, 3.05) is 5.75 Å². The van der Waals surface area contributed by atoms with Crippen LogP contribution in [0.4, 0.5) is 0 Å². The van der Waals surface area contributed by atoms with Gasteiger partial charge in [0.25, 0.3) is 0 Å². The smallest absolute Gasteiger partial charge is 0.128 e. The van der Waals surface area contributed by atoms with Crippen molar-refractivity contribution in [3.05, 3.63) is 41.0 Å². The van der Waals surface area contributed by atoms with Crippen molar-refractivity contribution in [3.8, 4) is 17.2 Å². The summed E-state index contributed by atoms with van der Waals surface area (Å²) in [5.41, 5.74) is 3.61. The summed E-state index contributed by atoms with van der Waals surface area (Å²) in [6.45, 7) is 4.19. The number of hydrogen-bond acceptors (Lipinski definition) is 5. The number of aromatic nitrogens is 2. The summed E-state index contributed by atoms with van der Waals surface area (Å²) in [5.74, 6) is 0.397. The standard InChI is InChI=1S/C16H13N3S2/c1-10-3-5-12(6-4-10)13-11(2)21-16-14(13)15(18-9-19-16)20-8-7-17/h3-6,9H,8H2,1-2H3. The SMILES string of the molecule is Cc1ccc(-c2c(C)sc3ncnc(SCC#N)c23)cc1. The van der Waals surface area contributed by atoms with E-state index in [9.17, 15) is 0 Å². The number of nitriles is 1. The molecule has 5 heteroatoms. The Bertz CT molecular complexity index is 829. The predicted octanol–water partition coefficient (Wildman–Crippen LogP) is 4.59. The van der Waals surface area contributed by atoms with E-state index in [0.717, 1.165) is 15.2 Å². The van der Waals surface area contributed by atoms with Crippen LogP contribution < -0.4 is 0 Å². The van der Waals surface area contributed by atoms with Crippen molar-refractivity contribution in [1.29, 1.82) is 5.26 Å². The topological polar surface area (TPSA) is 49.6 Å². The maximum Gasteiger partial charge on any atom is 0.128 e. The molecule has 2 heterocycles. The lowest BCUT2D eigenvalue weighted by atomic mass is 10.0. The third-order valence-electron chi connectivity index (χ3n) is 3.24. The molecule has 0 radical (unpaired) electrons. The molecule has 3 nitrogen and oxygen atoms in total. The predicted molar refractivity (Wildman–Crippen MR) is 88.7 cm³/mol. The summed E-state index contributed by atoms with van der Waals surface area (Å²) >= 11 is 3.15. The minimum absolute atomic E-state index is 0.397. The molecule has 0 spiro atoms. The molecule has 1 aromatic carbocycles. The molecule has 21 heavy (non-hydrogen) atoms. The highest BCUT2D eigenvalue weighted by Crippen LogP contribution is 2.41. The van der Waals surface area contributed by atoms with E-state index in [1.165, 1.54) is 33.3 Å². The first-order valence-corrected chi connectivity index (χ1v) is 8.32. The highest BCUT2D eigenvalue weighted by atomic mass is 32.2. The van der Waals surface area contributed by atoms with Gasteiger partial charge in [-0.2, -0.15) is 5.26 Å². The number of thioether (sulfide) groups is 1. The Kier molecular flexibility index (Phi) is 3.91. The summed E-state index contributed by atoms with van der Waals surface area (Å²) < 4.78 is 0. The molecule has 0 N–H and O–H groups in total. The molecule has 0 saturated carbocycles. The largest absolute Gasteiger partial charge is 0.229 e. The first-order valence-electron chi connectivity index (χ1n) is 6.51. The van der Waals surface area contributed by atoms with Gasteiger partial charge in [0.1, 0.15) is 16.2 Å². The Balaban J connectivity index is 2.24. The van der Waals surface area contributed by atoms with Crippen LogP contribution in [-0.4, -0.2) is 15.7 Å². The minimum atomic E-state index is 0.397. The van der Waals surface area contributed by atoms with E-state index in [4.69, 9.17) is 5.26 Å². The van der Waals surface area contributed by atoms with Crippen LogP contribution >= 0.6 is 23.1 Å². The molecule has 3 aromatic rings. The van der Waals surface area contributed by atoms with Crippen molar-refractivity contribution < 1.29 is 0 Å². The summed E-state index contributed by atoms with van der Waals surface area (Å²) in [6, 6.07) is 10.7. The Morgan fingerprint density at radius 3 is 2.67 bits per heavy atom. The van der Waals surface area contributed by atoms with Gasteiger partial charge in [-0.3, -0.25) is 0 Å². The van der Waals surface area contributed by atoms with Gasteiger partial charge in [0, 0.05) is 10.4 Å². The van der Waals surface area contributed by atoms with Crippen molar-refractivity contribution in [2.45, 2.75) is 18.9 Å². The Hall–Kier alpha value is -1.90. The third kappa shape index (κ3) is 2.65. The number of aryl methyl sites for hydroxylation is 2. The second-order valence-electron chi connectivity index (χ2n) is 4.71. The van der Waals surface area contributed by atoms with Gasteiger partial charge in [0.15, 0.2) is 0 Å². The van der Waals surface area contributed by atoms with Gasteiger partial charge in [0.05, 0.1) is 17.2 Å². The molecule has 104 valence electrons. The van der Waals surface area contributed by atoms with Crippen molar-refractivity contribution in [1.82, 2.24) is 9.97 Å². The van der Waals surface area contributed by atoms with E-state index in [-0.39, 0.29) is 0 Å². The zero-order valence-corrected chi connectivity index (χ0v) is 13.4. The fourth-order valence-electron chi connectivity index (χ4n) is 2.30. The monoisotopic (exact) mass is 311 g/mol. The van der Waals surface area contributed by atoms with Crippen molar-refractivity contribution >= 4 is 33.3 Å². The molecule has 3 rings (SSSR count). The van der Waals surface area contributed by atoms with Gasteiger partial charge in [-0.15, -0.1) is 11.3 Å². The van der Waals surface area contributed by atoms with Crippen molar-refractivity contribution in [3.63, 3.8) is 0 Å². The molecule has 0 fully saturated rings. The van der Waals surface area contributed by atoms with Crippen molar-refractivity contribution in [2.24, 2.45) is 0 Å².